The number of aromatic nitrogens is 1. The van der Waals surface area contributed by atoms with E-state index in [-0.39, 0.29) is 5.91 Å². The Bertz CT molecular complexity index is 672. The number of methoxy groups -OCH3 is 1. The van der Waals surface area contributed by atoms with Crippen LogP contribution in [0.25, 0.3) is 10.6 Å². The molecule has 2 rings (SSSR count). The fourth-order valence-electron chi connectivity index (χ4n) is 2.74. The maximum atomic E-state index is 12.3. The van der Waals surface area contributed by atoms with E-state index >= 15 is 0 Å². The highest BCUT2D eigenvalue weighted by Gasteiger charge is 2.15. The van der Waals surface area contributed by atoms with Crippen LogP contribution >= 0.6 is 11.3 Å². The summed E-state index contributed by atoms with van der Waals surface area (Å²) in [6.45, 7) is 10.2. The third kappa shape index (κ3) is 5.28. The number of amides is 1. The van der Waals surface area contributed by atoms with E-state index in [1.165, 1.54) is 11.3 Å². The maximum Gasteiger partial charge on any atom is 0.263 e. The van der Waals surface area contributed by atoms with E-state index in [0.29, 0.717) is 23.5 Å². The first-order chi connectivity index (χ1) is 11.9. The number of hydrogen-bond donors (Lipinski definition) is 1. The van der Waals surface area contributed by atoms with Crippen molar-refractivity contribution >= 4 is 17.2 Å². The molecule has 0 fully saturated rings. The van der Waals surface area contributed by atoms with Crippen LogP contribution in [0.15, 0.2) is 30.5 Å². The Morgan fingerprint density at radius 1 is 1.20 bits per heavy atom. The van der Waals surface area contributed by atoms with Gasteiger partial charge in [0.05, 0.1) is 13.3 Å². The molecule has 0 bridgehead atoms. The van der Waals surface area contributed by atoms with E-state index < -0.39 is 0 Å². The van der Waals surface area contributed by atoms with Gasteiger partial charge < -0.3 is 10.1 Å². The predicted molar refractivity (Wildman–Crippen MR) is 103 cm³/mol. The molecule has 1 aromatic carbocycles. The Morgan fingerprint density at radius 2 is 1.84 bits per heavy atom. The van der Waals surface area contributed by atoms with Crippen molar-refractivity contribution in [2.45, 2.75) is 39.8 Å². The van der Waals surface area contributed by atoms with Gasteiger partial charge >= 0.3 is 0 Å². The van der Waals surface area contributed by atoms with Crippen LogP contribution in [-0.2, 0) is 0 Å². The van der Waals surface area contributed by atoms with Gasteiger partial charge in [-0.1, -0.05) is 0 Å². The number of carbonyl (C=O) groups excluding carboxylic acids is 1. The minimum atomic E-state index is -0.0651. The van der Waals surface area contributed by atoms with Crippen LogP contribution in [0, 0.1) is 0 Å². The van der Waals surface area contributed by atoms with E-state index in [4.69, 9.17) is 4.74 Å². The second-order valence-corrected chi connectivity index (χ2v) is 7.47. The van der Waals surface area contributed by atoms with Crippen LogP contribution in [0.2, 0.25) is 0 Å². The molecule has 1 heterocycles. The number of rotatable bonds is 8. The van der Waals surface area contributed by atoms with Crippen molar-refractivity contribution < 1.29 is 9.53 Å². The van der Waals surface area contributed by atoms with Crippen molar-refractivity contribution in [3.05, 3.63) is 35.3 Å². The largest absolute Gasteiger partial charge is 0.497 e. The van der Waals surface area contributed by atoms with Crippen molar-refractivity contribution in [1.82, 2.24) is 15.2 Å². The summed E-state index contributed by atoms with van der Waals surface area (Å²) in [6, 6.07) is 8.60. The summed E-state index contributed by atoms with van der Waals surface area (Å²) in [6.07, 6.45) is 1.64. The second-order valence-electron chi connectivity index (χ2n) is 6.44. The predicted octanol–water partition coefficient (Wildman–Crippen LogP) is 3.67. The smallest absolute Gasteiger partial charge is 0.263 e. The van der Waals surface area contributed by atoms with Crippen molar-refractivity contribution in [3.8, 4) is 16.3 Å². The molecule has 1 amide bonds. The van der Waals surface area contributed by atoms with E-state index in [1.807, 2.05) is 24.3 Å². The highest BCUT2D eigenvalue weighted by molar-refractivity contribution is 7.16. The van der Waals surface area contributed by atoms with Crippen LogP contribution in [0.5, 0.6) is 5.75 Å². The molecule has 0 spiro atoms. The summed E-state index contributed by atoms with van der Waals surface area (Å²) in [4.78, 5) is 19.7. The topological polar surface area (TPSA) is 54.5 Å². The van der Waals surface area contributed by atoms with Crippen LogP contribution in [0.4, 0.5) is 0 Å². The van der Waals surface area contributed by atoms with Gasteiger partial charge in [0, 0.05) is 30.7 Å². The normalized spacial score (nSPS) is 11.4. The third-order valence-corrected chi connectivity index (χ3v) is 5.09. The zero-order valence-corrected chi connectivity index (χ0v) is 16.4. The average Bonchev–Trinajstić information content (AvgIpc) is 3.08. The Balaban J connectivity index is 1.93. The summed E-state index contributed by atoms with van der Waals surface area (Å²) in [5, 5.41) is 3.82. The summed E-state index contributed by atoms with van der Waals surface area (Å²) in [5.74, 6) is 0.739. The molecule has 6 heteroatoms. The number of thiazole rings is 1. The van der Waals surface area contributed by atoms with E-state index in [2.05, 4.69) is 42.9 Å². The fraction of sp³-hybridized carbons (Fsp3) is 0.474. The van der Waals surface area contributed by atoms with Gasteiger partial charge in [-0.25, -0.2) is 4.98 Å². The molecule has 0 aliphatic heterocycles. The molecule has 5 nitrogen and oxygen atoms in total. The number of benzene rings is 1. The van der Waals surface area contributed by atoms with Crippen molar-refractivity contribution in [2.24, 2.45) is 0 Å². The Morgan fingerprint density at radius 3 is 2.40 bits per heavy atom. The van der Waals surface area contributed by atoms with Crippen molar-refractivity contribution in [3.63, 3.8) is 0 Å². The van der Waals surface area contributed by atoms with Crippen LogP contribution in [-0.4, -0.2) is 48.1 Å². The third-order valence-electron chi connectivity index (χ3n) is 4.05. The number of hydrogen-bond acceptors (Lipinski definition) is 5. The van der Waals surface area contributed by atoms with Gasteiger partial charge in [0.25, 0.3) is 5.91 Å². The van der Waals surface area contributed by atoms with Gasteiger partial charge in [-0.15, -0.1) is 11.3 Å². The molecule has 0 radical (unpaired) electrons. The SMILES string of the molecule is COc1ccc(-c2ncc(C(=O)NCCN(C(C)C)C(C)C)s2)cc1. The van der Waals surface area contributed by atoms with Crippen LogP contribution in [0.3, 0.4) is 0 Å². The van der Waals surface area contributed by atoms with E-state index in [9.17, 15) is 4.79 Å². The van der Waals surface area contributed by atoms with Gasteiger partial charge in [-0.2, -0.15) is 0 Å². The first-order valence-corrected chi connectivity index (χ1v) is 9.38. The Hall–Kier alpha value is -1.92. The lowest BCUT2D eigenvalue weighted by atomic mass is 10.2. The summed E-state index contributed by atoms with van der Waals surface area (Å²) < 4.78 is 5.16. The van der Waals surface area contributed by atoms with Gasteiger partial charge in [0.15, 0.2) is 0 Å². The molecule has 25 heavy (non-hydrogen) atoms. The molecule has 0 saturated carbocycles. The highest BCUT2D eigenvalue weighted by Crippen LogP contribution is 2.26. The second kappa shape index (κ2) is 8.97. The van der Waals surface area contributed by atoms with Crippen molar-refractivity contribution in [1.29, 1.82) is 0 Å². The fourth-order valence-corrected chi connectivity index (χ4v) is 3.58. The lowest BCUT2D eigenvalue weighted by Crippen LogP contribution is -2.42. The number of carbonyl (C=O) groups is 1. The van der Waals surface area contributed by atoms with E-state index in [1.54, 1.807) is 13.3 Å². The number of nitrogens with one attached hydrogen (secondary N) is 1. The standard InChI is InChI=1S/C19H27N3O2S/c1-13(2)22(14(3)4)11-10-20-18(23)17-12-21-19(25-17)15-6-8-16(24-5)9-7-15/h6-9,12-14H,10-11H2,1-5H3,(H,20,23). The molecule has 0 aliphatic carbocycles. The summed E-state index contributed by atoms with van der Waals surface area (Å²) in [5.41, 5.74) is 0.982. The molecule has 1 N–H and O–H groups in total. The van der Waals surface area contributed by atoms with Gasteiger partial charge in [-0.05, 0) is 52.0 Å². The Kier molecular flexibility index (Phi) is 6.96. The molecule has 1 aromatic heterocycles. The van der Waals surface area contributed by atoms with Crippen LogP contribution in [0.1, 0.15) is 37.4 Å². The molecule has 0 unspecified atom stereocenters. The Labute approximate surface area is 154 Å². The number of ether oxygens (including phenoxy) is 1. The monoisotopic (exact) mass is 361 g/mol. The lowest BCUT2D eigenvalue weighted by Gasteiger charge is -2.30. The zero-order chi connectivity index (χ0) is 18.4. The molecule has 0 atom stereocenters. The lowest BCUT2D eigenvalue weighted by molar-refractivity contribution is 0.0943. The molecular weight excluding hydrogens is 334 g/mol. The summed E-state index contributed by atoms with van der Waals surface area (Å²) in [7, 11) is 1.64. The molecule has 0 saturated heterocycles. The van der Waals surface area contributed by atoms with Crippen molar-refractivity contribution in [2.75, 3.05) is 20.2 Å². The van der Waals surface area contributed by atoms with Gasteiger partial charge in [-0.3, -0.25) is 9.69 Å². The molecule has 0 aliphatic rings. The first-order valence-electron chi connectivity index (χ1n) is 8.56. The van der Waals surface area contributed by atoms with E-state index in [0.717, 1.165) is 22.9 Å². The maximum absolute atomic E-state index is 12.3. The average molecular weight is 362 g/mol. The quantitative estimate of drug-likeness (QED) is 0.779. The molecule has 136 valence electrons. The molecular formula is C19H27N3O2S. The minimum absolute atomic E-state index is 0.0651. The van der Waals surface area contributed by atoms with Crippen LogP contribution < -0.4 is 10.1 Å². The van der Waals surface area contributed by atoms with Gasteiger partial charge in [0.1, 0.15) is 15.6 Å². The molecule has 2 aromatic rings. The zero-order valence-electron chi connectivity index (χ0n) is 15.6. The highest BCUT2D eigenvalue weighted by atomic mass is 32.1. The summed E-state index contributed by atoms with van der Waals surface area (Å²) >= 11 is 1.40. The minimum Gasteiger partial charge on any atom is -0.497 e. The number of nitrogens with zero attached hydrogens (tertiary/aromatic N) is 2. The first kappa shape index (κ1) is 19.4. The van der Waals surface area contributed by atoms with Gasteiger partial charge in [0.2, 0.25) is 0 Å².